The van der Waals surface area contributed by atoms with Crippen molar-refractivity contribution < 1.29 is 34.2 Å². The van der Waals surface area contributed by atoms with Crippen LogP contribution in [0.3, 0.4) is 0 Å². The zero-order valence-corrected chi connectivity index (χ0v) is 16.6. The second-order valence-corrected chi connectivity index (χ2v) is 6.54. The van der Waals surface area contributed by atoms with Crippen LogP contribution >= 0.6 is 0 Å². The van der Waals surface area contributed by atoms with Crippen LogP contribution in [0.2, 0.25) is 0 Å². The fraction of sp³-hybridized carbons (Fsp3) is 0.588. The number of carbonyl (C=O) groups excluding carboxylic acids is 3. The Bertz CT molecular complexity index is 602. The fourth-order valence-corrected chi connectivity index (χ4v) is 1.76. The minimum Gasteiger partial charge on any atom is -0.480 e. The Balaban J connectivity index is 0. The summed E-state index contributed by atoms with van der Waals surface area (Å²) in [5.41, 5.74) is 11.3. The first-order valence-electron chi connectivity index (χ1n) is 8.44. The number of rotatable bonds is 9. The summed E-state index contributed by atoms with van der Waals surface area (Å²) in [5.74, 6) is -4.04. The maximum Gasteiger partial charge on any atom is 0.323 e. The Morgan fingerprint density at radius 1 is 1.00 bits per heavy atom. The van der Waals surface area contributed by atoms with Crippen LogP contribution in [0.15, 0.2) is 12.2 Å². The van der Waals surface area contributed by atoms with E-state index in [9.17, 15) is 24.0 Å². The van der Waals surface area contributed by atoms with Crippen molar-refractivity contribution in [3.05, 3.63) is 12.2 Å². The maximum atomic E-state index is 11.9. The highest BCUT2D eigenvalue weighted by Crippen LogP contribution is 2.07. The van der Waals surface area contributed by atoms with Crippen LogP contribution in [-0.2, 0) is 24.0 Å². The minimum atomic E-state index is -1.28. The molecule has 2 unspecified atom stereocenters. The largest absolute Gasteiger partial charge is 0.480 e. The van der Waals surface area contributed by atoms with Gasteiger partial charge in [-0.2, -0.15) is 0 Å². The molecular formula is C17H30N4O7. The lowest BCUT2D eigenvalue weighted by molar-refractivity contribution is -0.153. The van der Waals surface area contributed by atoms with Gasteiger partial charge in [0, 0.05) is 5.57 Å². The topological polar surface area (TPSA) is 193 Å². The number of nitrogens with one attached hydrogen (secondary N) is 1. The van der Waals surface area contributed by atoms with Gasteiger partial charge in [0.1, 0.15) is 13.1 Å². The molecule has 0 radical (unpaired) electrons. The van der Waals surface area contributed by atoms with Gasteiger partial charge in [0.2, 0.25) is 17.7 Å². The molecule has 0 aromatic rings. The highest BCUT2D eigenvalue weighted by molar-refractivity contribution is 6.01. The van der Waals surface area contributed by atoms with E-state index in [1.54, 1.807) is 0 Å². The van der Waals surface area contributed by atoms with Gasteiger partial charge in [-0.05, 0) is 26.2 Å². The molecular weight excluding hydrogens is 372 g/mol. The molecule has 0 aliphatic carbocycles. The lowest BCUT2D eigenvalue weighted by Gasteiger charge is -2.24. The Morgan fingerprint density at radius 2 is 1.50 bits per heavy atom. The normalized spacial score (nSPS) is 12.1. The van der Waals surface area contributed by atoms with Crippen molar-refractivity contribution in [1.29, 1.82) is 0 Å². The number of aliphatic carboxylic acids is 2. The number of nitrogens with two attached hydrogens (primary N) is 2. The monoisotopic (exact) mass is 402 g/mol. The molecule has 11 nitrogen and oxygen atoms in total. The molecule has 160 valence electrons. The van der Waals surface area contributed by atoms with Gasteiger partial charge < -0.3 is 27.0 Å². The van der Waals surface area contributed by atoms with E-state index in [0.29, 0.717) is 16.9 Å². The number of hydrogen-bond acceptors (Lipinski definition) is 7. The van der Waals surface area contributed by atoms with Crippen LogP contribution in [0, 0.1) is 5.92 Å². The minimum absolute atomic E-state index is 0.168. The number of hydrogen-bond donors (Lipinski definition) is 5. The van der Waals surface area contributed by atoms with Crippen molar-refractivity contribution in [2.75, 3.05) is 13.1 Å². The Kier molecular flexibility index (Phi) is 13.1. The average molecular weight is 402 g/mol. The second kappa shape index (κ2) is 13.4. The second-order valence-electron chi connectivity index (χ2n) is 6.54. The molecule has 28 heavy (non-hydrogen) atoms. The molecule has 0 rings (SSSR count). The van der Waals surface area contributed by atoms with Crippen LogP contribution in [0.4, 0.5) is 0 Å². The average Bonchev–Trinajstić information content (AvgIpc) is 2.55. The van der Waals surface area contributed by atoms with Gasteiger partial charge >= 0.3 is 11.9 Å². The summed E-state index contributed by atoms with van der Waals surface area (Å²) in [6, 6.07) is -1.84. The van der Waals surface area contributed by atoms with Gasteiger partial charge in [-0.3, -0.25) is 28.9 Å². The molecule has 0 saturated heterocycles. The van der Waals surface area contributed by atoms with Gasteiger partial charge in [-0.1, -0.05) is 20.4 Å². The molecule has 2 atom stereocenters. The molecule has 0 heterocycles. The van der Waals surface area contributed by atoms with Crippen molar-refractivity contribution in [2.24, 2.45) is 17.4 Å². The van der Waals surface area contributed by atoms with Crippen molar-refractivity contribution in [3.63, 3.8) is 0 Å². The van der Waals surface area contributed by atoms with E-state index in [2.05, 4.69) is 11.9 Å². The lowest BCUT2D eigenvalue weighted by Crippen LogP contribution is -2.53. The third kappa shape index (κ3) is 12.5. The standard InChI is InChI=1S/C11H21N3O4.C6H9NO3/c1-6(2)4-8(13)11(18)14(5-9(15)16)10(17)7(3)12;1-4(2)6(10)7-3-5(8)9/h6-8H,4-5,12-13H2,1-3H3,(H,15,16);1,3H2,2H3,(H,7,10)(H,8,9). The van der Waals surface area contributed by atoms with Crippen LogP contribution in [0.5, 0.6) is 0 Å². The number of carbonyl (C=O) groups is 5. The summed E-state index contributed by atoms with van der Waals surface area (Å²) < 4.78 is 0. The van der Waals surface area contributed by atoms with Crippen LogP contribution in [0.1, 0.15) is 34.1 Å². The van der Waals surface area contributed by atoms with Gasteiger partial charge in [-0.25, -0.2) is 0 Å². The predicted octanol–water partition coefficient (Wildman–Crippen LogP) is -1.09. The first kappa shape index (κ1) is 27.4. The van der Waals surface area contributed by atoms with Gasteiger partial charge in [0.05, 0.1) is 12.1 Å². The number of carboxylic acids is 2. The molecule has 0 spiro atoms. The Labute approximate surface area is 163 Å². The number of imide groups is 1. The van der Waals surface area contributed by atoms with E-state index in [4.69, 9.17) is 21.7 Å². The first-order valence-corrected chi connectivity index (χ1v) is 8.44. The first-order chi connectivity index (χ1) is 12.7. The van der Waals surface area contributed by atoms with Crippen molar-refractivity contribution in [1.82, 2.24) is 10.2 Å². The highest BCUT2D eigenvalue weighted by Gasteiger charge is 2.30. The molecule has 0 aliphatic heterocycles. The quantitative estimate of drug-likeness (QED) is 0.298. The lowest BCUT2D eigenvalue weighted by atomic mass is 10.0. The van der Waals surface area contributed by atoms with Gasteiger partial charge in [-0.15, -0.1) is 0 Å². The molecule has 0 aromatic heterocycles. The summed E-state index contributed by atoms with van der Waals surface area (Å²) >= 11 is 0. The fourth-order valence-electron chi connectivity index (χ4n) is 1.76. The summed E-state index contributed by atoms with van der Waals surface area (Å²) in [5, 5.41) is 18.9. The van der Waals surface area contributed by atoms with E-state index in [-0.39, 0.29) is 12.5 Å². The van der Waals surface area contributed by atoms with Crippen molar-refractivity contribution >= 4 is 29.7 Å². The van der Waals surface area contributed by atoms with Crippen LogP contribution in [-0.4, -0.2) is 69.9 Å². The van der Waals surface area contributed by atoms with E-state index >= 15 is 0 Å². The zero-order valence-electron chi connectivity index (χ0n) is 16.6. The molecule has 0 aliphatic rings. The SMILES string of the molecule is C=C(C)C(=O)NCC(=O)O.CC(C)CC(N)C(=O)N(CC(=O)O)C(=O)C(C)N. The summed E-state index contributed by atoms with van der Waals surface area (Å²) in [4.78, 5) is 55.3. The molecule has 0 saturated carbocycles. The number of carboxylic acid groups (broad SMARTS) is 2. The van der Waals surface area contributed by atoms with Gasteiger partial charge in [0.25, 0.3) is 0 Å². The number of amides is 3. The van der Waals surface area contributed by atoms with E-state index in [1.807, 2.05) is 13.8 Å². The maximum absolute atomic E-state index is 11.9. The summed E-state index contributed by atoms with van der Waals surface area (Å²) in [6.07, 6.45) is 0.376. The van der Waals surface area contributed by atoms with E-state index < -0.39 is 48.3 Å². The summed E-state index contributed by atoms with van der Waals surface area (Å²) in [7, 11) is 0. The third-order valence-corrected chi connectivity index (χ3v) is 3.05. The van der Waals surface area contributed by atoms with Crippen LogP contribution < -0.4 is 16.8 Å². The van der Waals surface area contributed by atoms with Crippen molar-refractivity contribution in [3.8, 4) is 0 Å². The Morgan fingerprint density at radius 3 is 1.82 bits per heavy atom. The third-order valence-electron chi connectivity index (χ3n) is 3.05. The summed E-state index contributed by atoms with van der Waals surface area (Å²) in [6.45, 7) is 8.91. The molecule has 11 heteroatoms. The van der Waals surface area contributed by atoms with Crippen molar-refractivity contribution in [2.45, 2.75) is 46.2 Å². The van der Waals surface area contributed by atoms with E-state index in [1.165, 1.54) is 13.8 Å². The molecule has 0 fully saturated rings. The Hall–Kier alpha value is -2.79. The predicted molar refractivity (Wildman–Crippen MR) is 101 cm³/mol. The van der Waals surface area contributed by atoms with Gasteiger partial charge in [0.15, 0.2) is 0 Å². The molecule has 0 bridgehead atoms. The van der Waals surface area contributed by atoms with E-state index in [0.717, 1.165) is 0 Å². The molecule has 7 N–H and O–H groups in total. The smallest absolute Gasteiger partial charge is 0.323 e. The highest BCUT2D eigenvalue weighted by atomic mass is 16.4. The van der Waals surface area contributed by atoms with Crippen LogP contribution in [0.25, 0.3) is 0 Å². The molecule has 0 aromatic carbocycles. The zero-order chi connectivity index (χ0) is 22.6. The number of nitrogens with zero attached hydrogens (tertiary/aromatic N) is 1. The molecule has 3 amide bonds.